The van der Waals surface area contributed by atoms with E-state index < -0.39 is 6.10 Å². The first-order valence-corrected chi connectivity index (χ1v) is 10.5. The van der Waals surface area contributed by atoms with Gasteiger partial charge in [-0.05, 0) is 47.9 Å². The van der Waals surface area contributed by atoms with Crippen LogP contribution in [-0.4, -0.2) is 53.7 Å². The number of aliphatic hydroxyl groups is 1. The molecular weight excluding hydrogens is 416 g/mol. The molecule has 0 aliphatic carbocycles. The maximum Gasteiger partial charge on any atom is 0.253 e. The standard InChI is InChI=1S/C23H27ClN4O3/c1-28(15-17-4-9-22(30)27-12-17)23(31)18-5-2-16(3-6-18)10-11-25-14-20(29)19-7-8-21(24)26-13-19/h2-9,12,20,25-26,29H,10-11,13-15H2,1H3,(H,27,30). The molecular formula is C23H27ClN4O3. The highest BCUT2D eigenvalue weighted by Gasteiger charge is 2.14. The van der Waals surface area contributed by atoms with E-state index in [1.54, 1.807) is 30.3 Å². The van der Waals surface area contributed by atoms with Crippen LogP contribution >= 0.6 is 11.6 Å². The summed E-state index contributed by atoms with van der Waals surface area (Å²) in [7, 11) is 1.73. The minimum atomic E-state index is -0.563. The van der Waals surface area contributed by atoms with Gasteiger partial charge in [-0.25, -0.2) is 0 Å². The number of dihydropyridines is 1. The van der Waals surface area contributed by atoms with Crippen molar-refractivity contribution < 1.29 is 9.90 Å². The molecule has 0 fully saturated rings. The number of halogens is 1. The minimum absolute atomic E-state index is 0.0810. The summed E-state index contributed by atoms with van der Waals surface area (Å²) >= 11 is 5.84. The second-order valence-electron chi connectivity index (χ2n) is 7.50. The van der Waals surface area contributed by atoms with Crippen molar-refractivity contribution >= 4 is 17.5 Å². The Balaban J connectivity index is 1.43. The maximum absolute atomic E-state index is 12.6. The van der Waals surface area contributed by atoms with E-state index in [4.69, 9.17) is 11.6 Å². The molecule has 0 saturated heterocycles. The number of hydrogen-bond acceptors (Lipinski definition) is 5. The van der Waals surface area contributed by atoms with Gasteiger partial charge in [0.05, 0.1) is 6.10 Å². The van der Waals surface area contributed by atoms with Crippen molar-refractivity contribution in [2.24, 2.45) is 0 Å². The Morgan fingerprint density at radius 3 is 2.58 bits per heavy atom. The van der Waals surface area contributed by atoms with Crippen LogP contribution in [0.5, 0.6) is 0 Å². The van der Waals surface area contributed by atoms with Gasteiger partial charge in [-0.15, -0.1) is 0 Å². The van der Waals surface area contributed by atoms with Crippen LogP contribution in [0, 0.1) is 0 Å². The van der Waals surface area contributed by atoms with E-state index in [1.165, 1.54) is 6.07 Å². The van der Waals surface area contributed by atoms with Gasteiger partial charge < -0.3 is 25.6 Å². The number of rotatable bonds is 9. The van der Waals surface area contributed by atoms with Crippen LogP contribution in [0.25, 0.3) is 0 Å². The molecule has 0 saturated carbocycles. The molecule has 2 aromatic rings. The summed E-state index contributed by atoms with van der Waals surface area (Å²) in [6.07, 6.45) is 5.43. The van der Waals surface area contributed by atoms with E-state index in [2.05, 4.69) is 15.6 Å². The predicted octanol–water partition coefficient (Wildman–Crippen LogP) is 1.75. The largest absolute Gasteiger partial charge is 0.387 e. The number of carbonyl (C=O) groups excluding carboxylic acids is 1. The van der Waals surface area contributed by atoms with E-state index in [0.29, 0.717) is 36.9 Å². The van der Waals surface area contributed by atoms with Crippen molar-refractivity contribution in [3.05, 3.63) is 92.5 Å². The summed E-state index contributed by atoms with van der Waals surface area (Å²) in [6, 6.07) is 10.7. The Bertz CT molecular complexity index is 994. The number of H-pyrrole nitrogens is 1. The van der Waals surface area contributed by atoms with Crippen molar-refractivity contribution in [3.63, 3.8) is 0 Å². The molecule has 1 aliphatic rings. The fourth-order valence-electron chi connectivity index (χ4n) is 3.24. The first-order chi connectivity index (χ1) is 14.9. The smallest absolute Gasteiger partial charge is 0.253 e. The van der Waals surface area contributed by atoms with E-state index >= 15 is 0 Å². The molecule has 1 atom stereocenters. The average Bonchev–Trinajstić information content (AvgIpc) is 2.78. The monoisotopic (exact) mass is 442 g/mol. The van der Waals surface area contributed by atoms with Crippen LogP contribution in [-0.2, 0) is 13.0 Å². The summed E-state index contributed by atoms with van der Waals surface area (Å²) in [5.74, 6) is -0.0810. The van der Waals surface area contributed by atoms with Crippen LogP contribution in [0.3, 0.4) is 0 Å². The number of pyridine rings is 1. The van der Waals surface area contributed by atoms with Gasteiger partial charge in [0.1, 0.15) is 5.16 Å². The normalized spacial score (nSPS) is 14.3. The molecule has 7 nitrogen and oxygen atoms in total. The van der Waals surface area contributed by atoms with Gasteiger partial charge in [-0.2, -0.15) is 0 Å². The third-order valence-electron chi connectivity index (χ3n) is 5.08. The molecule has 8 heteroatoms. The maximum atomic E-state index is 12.6. The molecule has 1 amide bonds. The molecule has 1 aromatic carbocycles. The van der Waals surface area contributed by atoms with Crippen molar-refractivity contribution in [2.75, 3.05) is 26.7 Å². The zero-order valence-corrected chi connectivity index (χ0v) is 18.2. The van der Waals surface area contributed by atoms with E-state index in [9.17, 15) is 14.7 Å². The quantitative estimate of drug-likeness (QED) is 0.350. The summed E-state index contributed by atoms with van der Waals surface area (Å²) in [4.78, 5) is 28.0. The Morgan fingerprint density at radius 2 is 1.94 bits per heavy atom. The third-order valence-corrected chi connectivity index (χ3v) is 5.34. The minimum Gasteiger partial charge on any atom is -0.387 e. The Labute approximate surface area is 186 Å². The number of nitrogens with one attached hydrogen (secondary N) is 3. The fraction of sp³-hybridized carbons (Fsp3) is 0.304. The SMILES string of the molecule is CN(Cc1ccc(=O)[nH]c1)C(=O)c1ccc(CCNCC(O)C2=CC=C(Cl)NC2)cc1. The molecule has 0 bridgehead atoms. The van der Waals surface area contributed by atoms with Crippen molar-refractivity contribution in [1.29, 1.82) is 0 Å². The number of aromatic nitrogens is 1. The van der Waals surface area contributed by atoms with Crippen LogP contribution in [0.4, 0.5) is 0 Å². The lowest BCUT2D eigenvalue weighted by atomic mass is 10.1. The lowest BCUT2D eigenvalue weighted by Gasteiger charge is -2.19. The number of nitrogens with zero attached hydrogens (tertiary/aromatic N) is 1. The van der Waals surface area contributed by atoms with E-state index in [1.807, 2.05) is 30.3 Å². The number of hydrogen-bond donors (Lipinski definition) is 4. The van der Waals surface area contributed by atoms with Gasteiger partial charge in [-0.3, -0.25) is 9.59 Å². The first-order valence-electron chi connectivity index (χ1n) is 10.1. The van der Waals surface area contributed by atoms with Gasteiger partial charge >= 0.3 is 0 Å². The summed E-state index contributed by atoms with van der Waals surface area (Å²) < 4.78 is 0. The molecule has 31 heavy (non-hydrogen) atoms. The number of amides is 1. The number of aromatic amines is 1. The Hall–Kier alpha value is -2.87. The molecule has 1 aliphatic heterocycles. The molecule has 0 spiro atoms. The summed E-state index contributed by atoms with van der Waals surface area (Å²) in [5.41, 5.74) is 3.31. The topological polar surface area (TPSA) is 97.5 Å². The number of allylic oxidation sites excluding steroid dienone is 2. The van der Waals surface area contributed by atoms with Crippen LogP contribution in [0.1, 0.15) is 21.5 Å². The molecule has 1 aromatic heterocycles. The van der Waals surface area contributed by atoms with Crippen LogP contribution in [0.2, 0.25) is 0 Å². The molecule has 3 rings (SSSR count). The highest BCUT2D eigenvalue weighted by Crippen LogP contribution is 2.11. The first kappa shape index (κ1) is 22.8. The zero-order chi connectivity index (χ0) is 22.2. The Morgan fingerprint density at radius 1 is 1.19 bits per heavy atom. The number of benzene rings is 1. The Kier molecular flexibility index (Phi) is 8.06. The third kappa shape index (κ3) is 6.82. The molecule has 4 N–H and O–H groups in total. The number of aliphatic hydroxyl groups excluding tert-OH is 1. The highest BCUT2D eigenvalue weighted by atomic mass is 35.5. The van der Waals surface area contributed by atoms with Crippen molar-refractivity contribution in [3.8, 4) is 0 Å². The summed E-state index contributed by atoms with van der Waals surface area (Å²) in [6.45, 7) is 2.14. The molecule has 2 heterocycles. The second kappa shape index (κ2) is 10.9. The summed E-state index contributed by atoms with van der Waals surface area (Å²) in [5, 5.41) is 17.0. The van der Waals surface area contributed by atoms with E-state index in [-0.39, 0.29) is 11.5 Å². The van der Waals surface area contributed by atoms with Gasteiger partial charge in [-0.1, -0.05) is 35.9 Å². The van der Waals surface area contributed by atoms with Crippen LogP contribution in [0.15, 0.2) is 70.3 Å². The van der Waals surface area contributed by atoms with Crippen molar-refractivity contribution in [1.82, 2.24) is 20.5 Å². The lowest BCUT2D eigenvalue weighted by molar-refractivity contribution is 0.0785. The van der Waals surface area contributed by atoms with Gasteiger partial charge in [0.15, 0.2) is 0 Å². The van der Waals surface area contributed by atoms with Gasteiger partial charge in [0.25, 0.3) is 5.91 Å². The highest BCUT2D eigenvalue weighted by molar-refractivity contribution is 6.29. The predicted molar refractivity (Wildman–Crippen MR) is 122 cm³/mol. The van der Waals surface area contributed by atoms with E-state index in [0.717, 1.165) is 23.1 Å². The second-order valence-corrected chi connectivity index (χ2v) is 7.91. The van der Waals surface area contributed by atoms with Crippen LogP contribution < -0.4 is 16.2 Å². The molecule has 164 valence electrons. The number of carbonyl (C=O) groups is 1. The van der Waals surface area contributed by atoms with Gasteiger partial charge in [0.2, 0.25) is 5.56 Å². The molecule has 1 unspecified atom stereocenters. The lowest BCUT2D eigenvalue weighted by Crippen LogP contribution is -2.33. The van der Waals surface area contributed by atoms with Crippen molar-refractivity contribution in [2.45, 2.75) is 19.1 Å². The average molecular weight is 443 g/mol. The van der Waals surface area contributed by atoms with Gasteiger partial charge in [0, 0.05) is 44.5 Å². The zero-order valence-electron chi connectivity index (χ0n) is 17.4. The molecule has 0 radical (unpaired) electrons. The fourth-order valence-corrected chi connectivity index (χ4v) is 3.37.